The van der Waals surface area contributed by atoms with E-state index in [1.807, 2.05) is 6.92 Å². The number of ether oxygens (including phenoxy) is 4. The van der Waals surface area contributed by atoms with Crippen molar-refractivity contribution in [2.45, 2.75) is 20.3 Å². The second-order valence-corrected chi connectivity index (χ2v) is 5.78. The largest absolute Gasteiger partial charge is 0.493 e. The highest BCUT2D eigenvalue weighted by molar-refractivity contribution is 5.96. The summed E-state index contributed by atoms with van der Waals surface area (Å²) in [5.74, 6) is 0.902. The van der Waals surface area contributed by atoms with Crippen LogP contribution in [-0.4, -0.2) is 39.3 Å². The molecule has 7 nitrogen and oxygen atoms in total. The van der Waals surface area contributed by atoms with Crippen LogP contribution in [0.25, 0.3) is 0 Å². The predicted octanol–water partition coefficient (Wildman–Crippen LogP) is 3.46. The molecule has 2 aromatic rings. The maximum Gasteiger partial charge on any atom is 0.338 e. The highest BCUT2D eigenvalue weighted by atomic mass is 16.5. The van der Waals surface area contributed by atoms with E-state index in [1.165, 1.54) is 0 Å². The Morgan fingerprint density at radius 2 is 1.64 bits per heavy atom. The van der Waals surface area contributed by atoms with E-state index in [0.717, 1.165) is 5.56 Å². The monoisotopic (exact) mass is 387 g/mol. The van der Waals surface area contributed by atoms with E-state index in [-0.39, 0.29) is 18.9 Å². The van der Waals surface area contributed by atoms with Crippen LogP contribution in [0.15, 0.2) is 36.4 Å². The minimum Gasteiger partial charge on any atom is -0.493 e. The Labute approximate surface area is 164 Å². The number of hydrogen-bond donors (Lipinski definition) is 1. The number of esters is 1. The lowest BCUT2D eigenvalue weighted by Gasteiger charge is -2.13. The van der Waals surface area contributed by atoms with E-state index in [1.54, 1.807) is 57.5 Å². The van der Waals surface area contributed by atoms with Crippen LogP contribution in [0.3, 0.4) is 0 Å². The van der Waals surface area contributed by atoms with Gasteiger partial charge in [0.15, 0.2) is 11.5 Å². The van der Waals surface area contributed by atoms with Crippen molar-refractivity contribution in [3.63, 3.8) is 0 Å². The maximum atomic E-state index is 12.5. The molecule has 0 bridgehead atoms. The third-order valence-corrected chi connectivity index (χ3v) is 3.88. The second-order valence-electron chi connectivity index (χ2n) is 5.78. The molecule has 0 fully saturated rings. The van der Waals surface area contributed by atoms with E-state index in [4.69, 9.17) is 18.9 Å². The maximum absolute atomic E-state index is 12.5. The van der Waals surface area contributed by atoms with Crippen molar-refractivity contribution in [1.29, 1.82) is 0 Å². The van der Waals surface area contributed by atoms with Gasteiger partial charge in [-0.15, -0.1) is 0 Å². The summed E-state index contributed by atoms with van der Waals surface area (Å²) < 4.78 is 21.0. The van der Waals surface area contributed by atoms with Gasteiger partial charge < -0.3 is 24.3 Å². The first-order valence-corrected chi connectivity index (χ1v) is 8.97. The van der Waals surface area contributed by atoms with Crippen molar-refractivity contribution in [2.24, 2.45) is 0 Å². The minimum absolute atomic E-state index is 0.144. The molecule has 2 rings (SSSR count). The molecule has 28 heavy (non-hydrogen) atoms. The molecular formula is C21H25NO6. The molecule has 0 aliphatic rings. The minimum atomic E-state index is -0.438. The number of benzene rings is 2. The van der Waals surface area contributed by atoms with Crippen molar-refractivity contribution in [1.82, 2.24) is 0 Å². The zero-order valence-corrected chi connectivity index (χ0v) is 16.5. The molecule has 0 aliphatic heterocycles. The molecule has 0 spiro atoms. The number of amides is 1. The van der Waals surface area contributed by atoms with Gasteiger partial charge in [-0.05, 0) is 49.7 Å². The van der Waals surface area contributed by atoms with Gasteiger partial charge in [0.25, 0.3) is 0 Å². The molecule has 0 saturated carbocycles. The molecule has 0 heterocycles. The summed E-state index contributed by atoms with van der Waals surface area (Å²) in [6, 6.07) is 10.1. The number of rotatable bonds is 9. The van der Waals surface area contributed by atoms with E-state index in [2.05, 4.69) is 5.32 Å². The second kappa shape index (κ2) is 10.2. The molecule has 0 unspecified atom stereocenters. The van der Waals surface area contributed by atoms with Crippen molar-refractivity contribution >= 4 is 17.6 Å². The average molecular weight is 387 g/mol. The zero-order valence-electron chi connectivity index (χ0n) is 16.5. The van der Waals surface area contributed by atoms with Crippen LogP contribution in [0.1, 0.15) is 29.8 Å². The number of nitrogens with one attached hydrogen (secondary N) is 1. The highest BCUT2D eigenvalue weighted by Gasteiger charge is 2.14. The SMILES string of the molecule is CCOC(=O)c1ccc(NC(=O)Cc2ccc(OC)c(OC)c2)c(OCC)c1. The number of carbonyl (C=O) groups is 2. The molecule has 0 saturated heterocycles. The van der Waals surface area contributed by atoms with Gasteiger partial charge in [0.05, 0.1) is 45.1 Å². The molecule has 1 amide bonds. The van der Waals surface area contributed by atoms with Gasteiger partial charge in [-0.2, -0.15) is 0 Å². The van der Waals surface area contributed by atoms with Gasteiger partial charge in [0.2, 0.25) is 5.91 Å². The lowest BCUT2D eigenvalue weighted by Crippen LogP contribution is -2.16. The first-order chi connectivity index (χ1) is 13.5. The van der Waals surface area contributed by atoms with Crippen LogP contribution in [0, 0.1) is 0 Å². The van der Waals surface area contributed by atoms with Crippen LogP contribution in [-0.2, 0) is 16.0 Å². The van der Waals surface area contributed by atoms with Crippen molar-refractivity contribution in [2.75, 3.05) is 32.8 Å². The van der Waals surface area contributed by atoms with E-state index in [0.29, 0.717) is 35.1 Å². The smallest absolute Gasteiger partial charge is 0.338 e. The Kier molecular flexibility index (Phi) is 7.68. The summed E-state index contributed by atoms with van der Waals surface area (Å²) >= 11 is 0. The summed E-state index contributed by atoms with van der Waals surface area (Å²) in [5, 5.41) is 2.82. The van der Waals surface area contributed by atoms with Gasteiger partial charge >= 0.3 is 5.97 Å². The van der Waals surface area contributed by atoms with Crippen LogP contribution < -0.4 is 19.5 Å². The van der Waals surface area contributed by atoms with Crippen molar-refractivity contribution < 1.29 is 28.5 Å². The molecular weight excluding hydrogens is 362 g/mol. The summed E-state index contributed by atoms with van der Waals surface area (Å²) in [5.41, 5.74) is 1.62. The van der Waals surface area contributed by atoms with E-state index in [9.17, 15) is 9.59 Å². The van der Waals surface area contributed by atoms with Crippen LogP contribution in [0.2, 0.25) is 0 Å². The molecule has 7 heteroatoms. The average Bonchev–Trinajstić information content (AvgIpc) is 2.69. The first-order valence-electron chi connectivity index (χ1n) is 8.97. The topological polar surface area (TPSA) is 83.1 Å². The number of carbonyl (C=O) groups excluding carboxylic acids is 2. The number of hydrogen-bond acceptors (Lipinski definition) is 6. The predicted molar refractivity (Wildman–Crippen MR) is 105 cm³/mol. The molecule has 0 aliphatic carbocycles. The van der Waals surface area contributed by atoms with Gasteiger partial charge in [-0.3, -0.25) is 4.79 Å². The van der Waals surface area contributed by atoms with Gasteiger partial charge in [0.1, 0.15) is 5.75 Å². The normalized spacial score (nSPS) is 10.1. The zero-order chi connectivity index (χ0) is 20.5. The summed E-state index contributed by atoms with van der Waals surface area (Å²) in [6.07, 6.45) is 0.144. The Balaban J connectivity index is 2.15. The molecule has 2 aromatic carbocycles. The Hall–Kier alpha value is -3.22. The Morgan fingerprint density at radius 3 is 2.29 bits per heavy atom. The van der Waals surface area contributed by atoms with E-state index < -0.39 is 5.97 Å². The van der Waals surface area contributed by atoms with Gasteiger partial charge in [-0.25, -0.2) is 4.79 Å². The summed E-state index contributed by atoms with van der Waals surface area (Å²) in [6.45, 7) is 4.24. The van der Waals surface area contributed by atoms with Crippen LogP contribution >= 0.6 is 0 Å². The standard InChI is InChI=1S/C21H25NO6/c1-5-27-18-13-15(21(24)28-6-2)8-9-16(18)22-20(23)12-14-7-10-17(25-3)19(11-14)26-4/h7-11,13H,5-6,12H2,1-4H3,(H,22,23). The highest BCUT2D eigenvalue weighted by Crippen LogP contribution is 2.29. The lowest BCUT2D eigenvalue weighted by atomic mass is 10.1. The molecule has 150 valence electrons. The fourth-order valence-corrected chi connectivity index (χ4v) is 2.61. The molecule has 1 N–H and O–H groups in total. The molecule has 0 atom stereocenters. The third kappa shape index (κ3) is 5.39. The lowest BCUT2D eigenvalue weighted by molar-refractivity contribution is -0.115. The molecule has 0 aromatic heterocycles. The Bertz CT molecular complexity index is 834. The van der Waals surface area contributed by atoms with Crippen LogP contribution in [0.5, 0.6) is 17.2 Å². The number of anilines is 1. The van der Waals surface area contributed by atoms with E-state index >= 15 is 0 Å². The third-order valence-electron chi connectivity index (χ3n) is 3.88. The fourth-order valence-electron chi connectivity index (χ4n) is 2.61. The van der Waals surface area contributed by atoms with Crippen LogP contribution in [0.4, 0.5) is 5.69 Å². The van der Waals surface area contributed by atoms with Crippen molar-refractivity contribution in [3.8, 4) is 17.2 Å². The van der Waals surface area contributed by atoms with Crippen molar-refractivity contribution in [3.05, 3.63) is 47.5 Å². The molecule has 0 radical (unpaired) electrons. The summed E-state index contributed by atoms with van der Waals surface area (Å²) in [4.78, 5) is 24.4. The number of methoxy groups -OCH3 is 2. The van der Waals surface area contributed by atoms with Gasteiger partial charge in [0, 0.05) is 0 Å². The fraction of sp³-hybridized carbons (Fsp3) is 0.333. The quantitative estimate of drug-likeness (QED) is 0.664. The van der Waals surface area contributed by atoms with Gasteiger partial charge in [-0.1, -0.05) is 6.07 Å². The summed E-state index contributed by atoms with van der Waals surface area (Å²) in [7, 11) is 3.10. The Morgan fingerprint density at radius 1 is 0.893 bits per heavy atom. The first kappa shape index (κ1) is 21.1.